The van der Waals surface area contributed by atoms with Crippen LogP contribution in [0.4, 0.5) is 17.1 Å². The van der Waals surface area contributed by atoms with E-state index in [1.165, 1.54) is 29.7 Å². The van der Waals surface area contributed by atoms with Gasteiger partial charge in [-0.05, 0) is 57.4 Å². The minimum atomic E-state index is -0.0928. The fourth-order valence-corrected chi connectivity index (χ4v) is 3.88. The Morgan fingerprint density at radius 1 is 1.08 bits per heavy atom. The number of likely N-dealkylation sites (N-methyl/N-ethyl adjacent to an activating group) is 1. The number of hydrogen-bond acceptors (Lipinski definition) is 3. The van der Waals surface area contributed by atoms with Gasteiger partial charge in [0.2, 0.25) is 5.91 Å². The van der Waals surface area contributed by atoms with E-state index in [2.05, 4.69) is 66.5 Å². The highest BCUT2D eigenvalue weighted by Gasteiger charge is 2.41. The lowest BCUT2D eigenvalue weighted by Crippen LogP contribution is -2.51. The number of nitrogens with one attached hydrogen (secondary N) is 1. The second-order valence-electron chi connectivity index (χ2n) is 7.69. The van der Waals surface area contributed by atoms with Crippen LogP contribution >= 0.6 is 0 Å². The van der Waals surface area contributed by atoms with Crippen molar-refractivity contribution in [3.63, 3.8) is 0 Å². The number of carbonyl (C=O) groups is 1. The molecule has 0 saturated heterocycles. The van der Waals surface area contributed by atoms with Gasteiger partial charge in [-0.25, -0.2) is 0 Å². The number of aryl methyl sites for hydroxylation is 1. The summed E-state index contributed by atoms with van der Waals surface area (Å²) in [6.07, 6.45) is 2.36. The number of amides is 1. The van der Waals surface area contributed by atoms with E-state index < -0.39 is 0 Å². The van der Waals surface area contributed by atoms with Gasteiger partial charge < -0.3 is 15.1 Å². The first-order valence-electron chi connectivity index (χ1n) is 9.49. The van der Waals surface area contributed by atoms with Crippen LogP contribution in [0.5, 0.6) is 0 Å². The summed E-state index contributed by atoms with van der Waals surface area (Å²) < 4.78 is 0. The fourth-order valence-electron chi connectivity index (χ4n) is 3.88. The third kappa shape index (κ3) is 2.94. The molecule has 0 spiro atoms. The summed E-state index contributed by atoms with van der Waals surface area (Å²) in [5, 5.41) is 3.62. The zero-order valence-electron chi connectivity index (χ0n) is 16.0. The Bertz CT molecular complexity index is 826. The first-order valence-corrected chi connectivity index (χ1v) is 9.49. The zero-order chi connectivity index (χ0) is 18.4. The predicted molar refractivity (Wildman–Crippen MR) is 108 cm³/mol. The summed E-state index contributed by atoms with van der Waals surface area (Å²) in [6.45, 7) is 6.31. The number of hydrogen-bond donors (Lipinski definition) is 1. The maximum atomic E-state index is 12.6. The highest BCUT2D eigenvalue weighted by atomic mass is 16.2. The van der Waals surface area contributed by atoms with Crippen molar-refractivity contribution in [1.29, 1.82) is 0 Å². The molecule has 1 saturated carbocycles. The molecule has 136 valence electrons. The van der Waals surface area contributed by atoms with Gasteiger partial charge in [0.05, 0.1) is 11.4 Å². The van der Waals surface area contributed by atoms with Crippen LogP contribution in [0.15, 0.2) is 42.5 Å². The fraction of sp³-hybridized carbons (Fsp3) is 0.409. The summed E-state index contributed by atoms with van der Waals surface area (Å²) in [5.74, 6) is 0.179. The number of fused-ring (bicyclic) bond motifs is 1. The highest BCUT2D eigenvalue weighted by molar-refractivity contribution is 6.05. The van der Waals surface area contributed by atoms with E-state index in [4.69, 9.17) is 0 Å². The second kappa shape index (κ2) is 6.35. The van der Waals surface area contributed by atoms with E-state index in [-0.39, 0.29) is 18.0 Å². The van der Waals surface area contributed by atoms with E-state index in [1.807, 2.05) is 14.0 Å². The van der Waals surface area contributed by atoms with Crippen LogP contribution in [-0.4, -0.2) is 25.0 Å². The van der Waals surface area contributed by atoms with Gasteiger partial charge in [0, 0.05) is 24.8 Å². The predicted octanol–water partition coefficient (Wildman–Crippen LogP) is 4.50. The molecular weight excluding hydrogens is 322 g/mol. The Morgan fingerprint density at radius 3 is 2.42 bits per heavy atom. The van der Waals surface area contributed by atoms with E-state index in [0.29, 0.717) is 6.04 Å². The standard InChI is InChI=1S/C22H27N3O/c1-14-5-7-17(8-6-14)15(2)23-18-9-12-20-21(13-18)25(19-10-11-19)16(3)22(26)24(20)4/h5-9,12-13,15-16,19,23H,10-11H2,1-4H3/t15-,16+/m0/s1. The number of nitrogens with zero attached hydrogens (tertiary/aromatic N) is 2. The van der Waals surface area contributed by atoms with E-state index >= 15 is 0 Å². The molecule has 4 heteroatoms. The van der Waals surface area contributed by atoms with E-state index in [1.54, 1.807) is 4.90 Å². The molecule has 4 nitrogen and oxygen atoms in total. The van der Waals surface area contributed by atoms with Crippen molar-refractivity contribution in [2.75, 3.05) is 22.2 Å². The molecule has 1 aliphatic heterocycles. The molecular formula is C22H27N3O. The van der Waals surface area contributed by atoms with Crippen molar-refractivity contribution >= 4 is 23.0 Å². The highest BCUT2D eigenvalue weighted by Crippen LogP contribution is 2.43. The summed E-state index contributed by atoms with van der Waals surface area (Å²) in [7, 11) is 1.88. The average molecular weight is 349 g/mol. The van der Waals surface area contributed by atoms with E-state index in [9.17, 15) is 4.79 Å². The van der Waals surface area contributed by atoms with Crippen molar-refractivity contribution in [1.82, 2.24) is 0 Å². The molecule has 1 N–H and O–H groups in total. The Balaban J connectivity index is 1.63. The van der Waals surface area contributed by atoms with Crippen molar-refractivity contribution in [2.45, 2.75) is 51.7 Å². The third-order valence-electron chi connectivity index (χ3n) is 5.62. The van der Waals surface area contributed by atoms with Gasteiger partial charge in [0.25, 0.3) is 0 Å². The van der Waals surface area contributed by atoms with Crippen LogP contribution in [-0.2, 0) is 4.79 Å². The first kappa shape index (κ1) is 17.0. The molecule has 1 amide bonds. The van der Waals surface area contributed by atoms with Gasteiger partial charge in [-0.2, -0.15) is 0 Å². The van der Waals surface area contributed by atoms with Crippen molar-refractivity contribution in [2.24, 2.45) is 0 Å². The molecule has 26 heavy (non-hydrogen) atoms. The number of anilines is 3. The summed E-state index contributed by atoms with van der Waals surface area (Å²) >= 11 is 0. The van der Waals surface area contributed by atoms with E-state index in [0.717, 1.165) is 11.4 Å². The molecule has 4 rings (SSSR count). The minimum absolute atomic E-state index is 0.0928. The largest absolute Gasteiger partial charge is 0.378 e. The lowest BCUT2D eigenvalue weighted by atomic mass is 10.0. The van der Waals surface area contributed by atoms with Crippen molar-refractivity contribution in [3.8, 4) is 0 Å². The molecule has 0 radical (unpaired) electrons. The molecule has 1 fully saturated rings. The maximum Gasteiger partial charge on any atom is 0.249 e. The SMILES string of the molecule is Cc1ccc([C@H](C)Nc2ccc3c(c2)N(C2CC2)[C@H](C)C(=O)N3C)cc1. The van der Waals surface area contributed by atoms with Gasteiger partial charge in [0.1, 0.15) is 6.04 Å². The topological polar surface area (TPSA) is 35.6 Å². The van der Waals surface area contributed by atoms with Crippen LogP contribution in [0.25, 0.3) is 0 Å². The van der Waals surface area contributed by atoms with Crippen LogP contribution < -0.4 is 15.1 Å². The van der Waals surface area contributed by atoms with Crippen molar-refractivity contribution in [3.05, 3.63) is 53.6 Å². The van der Waals surface area contributed by atoms with Crippen molar-refractivity contribution < 1.29 is 4.79 Å². The average Bonchev–Trinajstić information content (AvgIpc) is 3.45. The summed E-state index contributed by atoms with van der Waals surface area (Å²) in [4.78, 5) is 16.7. The monoisotopic (exact) mass is 349 g/mol. The second-order valence-corrected chi connectivity index (χ2v) is 7.69. The number of benzene rings is 2. The Hall–Kier alpha value is -2.49. The Morgan fingerprint density at radius 2 is 1.77 bits per heavy atom. The molecule has 2 aromatic carbocycles. The third-order valence-corrected chi connectivity index (χ3v) is 5.62. The van der Waals surface area contributed by atoms with Gasteiger partial charge in [-0.3, -0.25) is 4.79 Å². The lowest BCUT2D eigenvalue weighted by molar-refractivity contribution is -0.119. The van der Waals surface area contributed by atoms with Gasteiger partial charge in [-0.15, -0.1) is 0 Å². The molecule has 0 unspecified atom stereocenters. The molecule has 0 aromatic heterocycles. The zero-order valence-corrected chi connectivity index (χ0v) is 16.0. The number of rotatable bonds is 4. The van der Waals surface area contributed by atoms with Gasteiger partial charge in [-0.1, -0.05) is 29.8 Å². The summed E-state index contributed by atoms with van der Waals surface area (Å²) in [6, 6.07) is 15.6. The number of carbonyl (C=O) groups excluding carboxylic acids is 1. The Kier molecular flexibility index (Phi) is 4.14. The first-order chi connectivity index (χ1) is 12.5. The molecule has 0 bridgehead atoms. The summed E-state index contributed by atoms with van der Waals surface area (Å²) in [5.41, 5.74) is 5.82. The van der Waals surface area contributed by atoms with Crippen LogP contribution in [0, 0.1) is 6.92 Å². The lowest BCUT2D eigenvalue weighted by Gasteiger charge is -2.41. The molecule has 2 aromatic rings. The normalized spacial score (nSPS) is 20.8. The Labute approximate surface area is 155 Å². The molecule has 1 heterocycles. The van der Waals surface area contributed by atoms with Crippen LogP contribution in [0.2, 0.25) is 0 Å². The van der Waals surface area contributed by atoms with Gasteiger partial charge in [0.15, 0.2) is 0 Å². The molecule has 1 aliphatic carbocycles. The smallest absolute Gasteiger partial charge is 0.249 e. The van der Waals surface area contributed by atoms with Crippen LogP contribution in [0.3, 0.4) is 0 Å². The maximum absolute atomic E-state index is 12.6. The minimum Gasteiger partial charge on any atom is -0.378 e. The quantitative estimate of drug-likeness (QED) is 0.883. The molecule has 2 aliphatic rings. The van der Waals surface area contributed by atoms with Gasteiger partial charge >= 0.3 is 0 Å². The molecule has 2 atom stereocenters. The van der Waals surface area contributed by atoms with Crippen LogP contribution in [0.1, 0.15) is 43.9 Å².